The topological polar surface area (TPSA) is 80.0 Å². The molecule has 4 unspecified atom stereocenters. The van der Waals surface area contributed by atoms with Crippen LogP contribution in [0.2, 0.25) is 0 Å². The molecule has 0 bridgehead atoms. The minimum absolute atomic E-state index is 0.0238. The van der Waals surface area contributed by atoms with Gasteiger partial charge in [-0.1, -0.05) is 59.0 Å². The number of nitrogens with one attached hydrogen (secondary N) is 2. The maximum absolute atomic E-state index is 13.4. The summed E-state index contributed by atoms with van der Waals surface area (Å²) in [5.41, 5.74) is 7.75. The molecule has 3 rings (SSSR count). The summed E-state index contributed by atoms with van der Waals surface area (Å²) in [5, 5.41) is 6.48. The normalized spacial score (nSPS) is 23.2. The van der Waals surface area contributed by atoms with Crippen LogP contribution in [-0.2, 0) is 10.2 Å². The molecule has 1 aliphatic rings. The minimum Gasteiger partial charge on any atom is -0.377 e. The maximum atomic E-state index is 13.4. The maximum Gasteiger partial charge on any atom is 0.230 e. The van der Waals surface area contributed by atoms with E-state index in [1.165, 1.54) is 12.1 Å². The molecule has 4 N–H and O–H groups in total. The highest BCUT2D eigenvalue weighted by Crippen LogP contribution is 2.46. The molecular formula is C29H41FN4OS. The van der Waals surface area contributed by atoms with Gasteiger partial charge in [0.2, 0.25) is 5.91 Å². The SMILES string of the molecule is CC(C)CC1CC(C(N)C(=S)NCC(C)(C)c2ccc(F)cc2)CC(C)(C(=O)Nc2ccncc2)C1. The molecule has 1 fully saturated rings. The van der Waals surface area contributed by atoms with Gasteiger partial charge in [0.25, 0.3) is 0 Å². The van der Waals surface area contributed by atoms with E-state index in [9.17, 15) is 9.18 Å². The molecule has 196 valence electrons. The molecule has 0 spiro atoms. The summed E-state index contributed by atoms with van der Waals surface area (Å²) in [6.07, 6.45) is 6.89. The average Bonchev–Trinajstić information content (AvgIpc) is 2.82. The van der Waals surface area contributed by atoms with E-state index < -0.39 is 5.41 Å². The van der Waals surface area contributed by atoms with Gasteiger partial charge in [0, 0.05) is 35.5 Å². The molecule has 1 aromatic heterocycles. The zero-order valence-electron chi connectivity index (χ0n) is 22.2. The number of nitrogens with two attached hydrogens (primary N) is 1. The van der Waals surface area contributed by atoms with Gasteiger partial charge in [0.15, 0.2) is 0 Å². The summed E-state index contributed by atoms with van der Waals surface area (Å²) in [4.78, 5) is 18.1. The molecule has 5 nitrogen and oxygen atoms in total. The Morgan fingerprint density at radius 3 is 2.44 bits per heavy atom. The molecule has 1 heterocycles. The molecule has 0 saturated heterocycles. The number of hydrogen-bond donors (Lipinski definition) is 3. The van der Waals surface area contributed by atoms with Crippen molar-refractivity contribution >= 4 is 28.8 Å². The van der Waals surface area contributed by atoms with Gasteiger partial charge >= 0.3 is 0 Å². The molecule has 4 atom stereocenters. The Morgan fingerprint density at radius 1 is 1.19 bits per heavy atom. The van der Waals surface area contributed by atoms with E-state index in [-0.39, 0.29) is 29.1 Å². The fourth-order valence-corrected chi connectivity index (χ4v) is 5.82. The molecule has 0 radical (unpaired) electrons. The van der Waals surface area contributed by atoms with Gasteiger partial charge in [-0.3, -0.25) is 9.78 Å². The monoisotopic (exact) mass is 512 g/mol. The number of rotatable bonds is 9. The number of hydrogen-bond acceptors (Lipinski definition) is 4. The Labute approximate surface area is 220 Å². The predicted molar refractivity (Wildman–Crippen MR) is 149 cm³/mol. The number of carbonyl (C=O) groups excluding carboxylic acids is 1. The summed E-state index contributed by atoms with van der Waals surface area (Å²) in [6.45, 7) is 11.3. The summed E-state index contributed by atoms with van der Waals surface area (Å²) in [6, 6.07) is 9.86. The number of nitrogens with zero attached hydrogens (tertiary/aromatic N) is 1. The van der Waals surface area contributed by atoms with Crippen LogP contribution in [0.25, 0.3) is 0 Å². The fourth-order valence-electron chi connectivity index (χ4n) is 5.56. The number of carbonyl (C=O) groups is 1. The van der Waals surface area contributed by atoms with Crippen molar-refractivity contribution in [1.29, 1.82) is 0 Å². The lowest BCUT2D eigenvalue weighted by atomic mass is 9.63. The first-order valence-electron chi connectivity index (χ1n) is 12.9. The van der Waals surface area contributed by atoms with E-state index in [1.807, 2.05) is 12.1 Å². The van der Waals surface area contributed by atoms with Crippen LogP contribution in [0.4, 0.5) is 10.1 Å². The van der Waals surface area contributed by atoms with Crippen molar-refractivity contribution in [3.63, 3.8) is 0 Å². The molecule has 7 heteroatoms. The zero-order valence-corrected chi connectivity index (χ0v) is 23.0. The van der Waals surface area contributed by atoms with Gasteiger partial charge in [-0.05, 0) is 73.3 Å². The second-order valence-corrected chi connectivity index (χ2v) is 12.2. The van der Waals surface area contributed by atoms with Crippen LogP contribution in [0.1, 0.15) is 65.9 Å². The molecule has 1 aromatic carbocycles. The molecule has 1 aliphatic carbocycles. The van der Waals surface area contributed by atoms with E-state index in [0.29, 0.717) is 29.8 Å². The highest BCUT2D eigenvalue weighted by molar-refractivity contribution is 7.80. The lowest BCUT2D eigenvalue weighted by Gasteiger charge is -2.44. The Bertz CT molecular complexity index is 1030. The van der Waals surface area contributed by atoms with Gasteiger partial charge < -0.3 is 16.4 Å². The van der Waals surface area contributed by atoms with Crippen molar-refractivity contribution in [2.75, 3.05) is 11.9 Å². The number of aromatic nitrogens is 1. The van der Waals surface area contributed by atoms with Crippen molar-refractivity contribution < 1.29 is 9.18 Å². The standard InChI is InChI=1S/C29H41FN4OS/c1-19(2)14-20-15-21(17-29(5,16-20)27(35)34-24-10-12-32-13-11-24)25(31)26(36)33-18-28(3,4)22-6-8-23(30)9-7-22/h6-13,19-21,25H,14-18,31H2,1-5H3,(H,33,36)(H,32,34,35). The quantitative estimate of drug-likeness (QED) is 0.367. The van der Waals surface area contributed by atoms with Crippen LogP contribution in [0.3, 0.4) is 0 Å². The van der Waals surface area contributed by atoms with E-state index in [2.05, 4.69) is 50.2 Å². The van der Waals surface area contributed by atoms with Gasteiger partial charge in [0.1, 0.15) is 5.82 Å². The van der Waals surface area contributed by atoms with Crippen molar-refractivity contribution in [3.05, 3.63) is 60.2 Å². The van der Waals surface area contributed by atoms with Crippen LogP contribution in [-0.4, -0.2) is 28.5 Å². The molecule has 36 heavy (non-hydrogen) atoms. The van der Waals surface area contributed by atoms with Gasteiger partial charge in [0.05, 0.1) is 11.0 Å². The Hall–Kier alpha value is -2.38. The van der Waals surface area contributed by atoms with Crippen molar-refractivity contribution in [1.82, 2.24) is 10.3 Å². The smallest absolute Gasteiger partial charge is 0.230 e. The first-order valence-corrected chi connectivity index (χ1v) is 13.3. The van der Waals surface area contributed by atoms with Gasteiger partial charge in [-0.15, -0.1) is 0 Å². The number of anilines is 1. The predicted octanol–water partition coefficient (Wildman–Crippen LogP) is 5.85. The first-order chi connectivity index (χ1) is 16.9. The molecular weight excluding hydrogens is 471 g/mol. The van der Waals surface area contributed by atoms with Crippen molar-refractivity contribution in [2.24, 2.45) is 28.9 Å². The molecule has 2 aromatic rings. The van der Waals surface area contributed by atoms with Crippen LogP contribution in [0.15, 0.2) is 48.8 Å². The minimum atomic E-state index is -0.535. The van der Waals surface area contributed by atoms with E-state index in [4.69, 9.17) is 18.0 Å². The van der Waals surface area contributed by atoms with Gasteiger partial charge in [-0.2, -0.15) is 0 Å². The largest absolute Gasteiger partial charge is 0.377 e. The Balaban J connectivity index is 1.70. The number of thiocarbonyl (C=S) groups is 1. The van der Waals surface area contributed by atoms with E-state index >= 15 is 0 Å². The lowest BCUT2D eigenvalue weighted by molar-refractivity contribution is -0.128. The highest BCUT2D eigenvalue weighted by Gasteiger charge is 2.44. The third kappa shape index (κ3) is 7.32. The number of amides is 1. The Morgan fingerprint density at radius 2 is 1.83 bits per heavy atom. The van der Waals surface area contributed by atoms with Crippen LogP contribution >= 0.6 is 12.2 Å². The average molecular weight is 513 g/mol. The third-order valence-electron chi connectivity index (χ3n) is 7.52. The second-order valence-electron chi connectivity index (χ2n) is 11.8. The van der Waals surface area contributed by atoms with Crippen LogP contribution < -0.4 is 16.4 Å². The van der Waals surface area contributed by atoms with Crippen LogP contribution in [0, 0.1) is 29.0 Å². The third-order valence-corrected chi connectivity index (χ3v) is 7.94. The molecule has 1 amide bonds. The Kier molecular flexibility index (Phi) is 9.23. The number of pyridine rings is 1. The van der Waals surface area contributed by atoms with E-state index in [0.717, 1.165) is 30.5 Å². The van der Waals surface area contributed by atoms with Gasteiger partial charge in [-0.25, -0.2) is 4.39 Å². The highest BCUT2D eigenvalue weighted by atomic mass is 32.1. The number of benzene rings is 1. The summed E-state index contributed by atoms with van der Waals surface area (Å²) in [7, 11) is 0. The summed E-state index contributed by atoms with van der Waals surface area (Å²) in [5.74, 6) is 0.824. The number of halogens is 1. The first kappa shape index (κ1) is 28.2. The van der Waals surface area contributed by atoms with Crippen molar-refractivity contribution in [3.8, 4) is 0 Å². The summed E-state index contributed by atoms with van der Waals surface area (Å²) < 4.78 is 13.4. The molecule has 0 aliphatic heterocycles. The second kappa shape index (κ2) is 11.8. The lowest BCUT2D eigenvalue weighted by Crippen LogP contribution is -2.52. The summed E-state index contributed by atoms with van der Waals surface area (Å²) >= 11 is 5.76. The van der Waals surface area contributed by atoms with Crippen molar-refractivity contribution in [2.45, 2.75) is 71.8 Å². The molecule has 1 saturated carbocycles. The zero-order chi connectivity index (χ0) is 26.5. The fraction of sp³-hybridized carbons (Fsp3) is 0.552. The van der Waals surface area contributed by atoms with E-state index in [1.54, 1.807) is 24.5 Å². The van der Waals surface area contributed by atoms with Crippen LogP contribution in [0.5, 0.6) is 0 Å².